The Morgan fingerprint density at radius 2 is 2.45 bits per heavy atom. The molecule has 1 saturated heterocycles. The summed E-state index contributed by atoms with van der Waals surface area (Å²) in [6.07, 6.45) is 3.36. The number of nitrogens with zero attached hydrogens (tertiary/aromatic N) is 3. The van der Waals surface area contributed by atoms with Gasteiger partial charge in [-0.05, 0) is 32.0 Å². The smallest absolute Gasteiger partial charge is 0.237 e. The minimum absolute atomic E-state index is 0.742. The fourth-order valence-corrected chi connectivity index (χ4v) is 3.62. The lowest BCUT2D eigenvalue weighted by Crippen LogP contribution is -2.26. The topological polar surface area (TPSA) is 41.8 Å². The third kappa shape index (κ3) is 2.68. The molecule has 0 amide bonds. The van der Waals surface area contributed by atoms with E-state index in [1.165, 1.54) is 26.1 Å². The van der Waals surface area contributed by atoms with E-state index in [2.05, 4.69) is 38.1 Å². The van der Waals surface area contributed by atoms with E-state index < -0.39 is 0 Å². The van der Waals surface area contributed by atoms with E-state index in [1.807, 2.05) is 0 Å². The molecule has 0 aliphatic carbocycles. The lowest BCUT2D eigenvalue weighted by Gasteiger charge is -2.13. The Labute approximate surface area is 123 Å². The van der Waals surface area contributed by atoms with Crippen LogP contribution in [0.25, 0.3) is 4.96 Å². The Morgan fingerprint density at radius 1 is 1.55 bits per heavy atom. The molecule has 1 aliphatic rings. The molecule has 3 rings (SSSR count). The second kappa shape index (κ2) is 6.11. The molecule has 0 saturated carbocycles. The standard InChI is InChI=1S/C14H22N4OS/c1-3-17-5-4-11(10-17)8-15-9-12-13(19-2)16-14-18(12)6-7-20-14/h6-7,11,15H,3-5,8-10H2,1-2H3. The number of imidazole rings is 1. The van der Waals surface area contributed by atoms with Crippen molar-refractivity contribution in [1.29, 1.82) is 0 Å². The fraction of sp³-hybridized carbons (Fsp3) is 0.643. The van der Waals surface area contributed by atoms with Crippen molar-refractivity contribution in [2.24, 2.45) is 5.92 Å². The molecule has 0 bridgehead atoms. The maximum atomic E-state index is 5.37. The lowest BCUT2D eigenvalue weighted by atomic mass is 10.1. The Kier molecular flexibility index (Phi) is 4.24. The van der Waals surface area contributed by atoms with Gasteiger partial charge in [-0.1, -0.05) is 6.92 Å². The SMILES string of the molecule is CCN1CCC(CNCc2c(OC)nc3sccn23)C1. The Morgan fingerprint density at radius 3 is 3.20 bits per heavy atom. The number of rotatable bonds is 6. The van der Waals surface area contributed by atoms with E-state index >= 15 is 0 Å². The van der Waals surface area contributed by atoms with Crippen molar-refractivity contribution < 1.29 is 4.74 Å². The highest BCUT2D eigenvalue weighted by Crippen LogP contribution is 2.23. The zero-order valence-electron chi connectivity index (χ0n) is 12.1. The van der Waals surface area contributed by atoms with Crippen molar-refractivity contribution in [1.82, 2.24) is 19.6 Å². The van der Waals surface area contributed by atoms with Gasteiger partial charge in [0.25, 0.3) is 0 Å². The highest BCUT2D eigenvalue weighted by Gasteiger charge is 2.21. The van der Waals surface area contributed by atoms with Crippen LogP contribution >= 0.6 is 11.3 Å². The molecule has 0 radical (unpaired) electrons. The van der Waals surface area contributed by atoms with Crippen molar-refractivity contribution in [3.8, 4) is 5.88 Å². The molecule has 1 N–H and O–H groups in total. The molecule has 2 aromatic rings. The quantitative estimate of drug-likeness (QED) is 0.882. The molecule has 0 aromatic carbocycles. The lowest BCUT2D eigenvalue weighted by molar-refractivity contribution is 0.338. The first kappa shape index (κ1) is 13.9. The maximum absolute atomic E-state index is 5.37. The molecule has 110 valence electrons. The van der Waals surface area contributed by atoms with E-state index in [0.29, 0.717) is 0 Å². The van der Waals surface area contributed by atoms with Crippen LogP contribution in [-0.2, 0) is 6.54 Å². The van der Waals surface area contributed by atoms with Gasteiger partial charge >= 0.3 is 0 Å². The highest BCUT2D eigenvalue weighted by molar-refractivity contribution is 7.15. The summed E-state index contributed by atoms with van der Waals surface area (Å²) in [5, 5.41) is 5.63. The molecule has 3 heterocycles. The Hall–Kier alpha value is -1.11. The third-order valence-corrected chi connectivity index (χ3v) is 4.82. The van der Waals surface area contributed by atoms with Gasteiger partial charge in [-0.2, -0.15) is 4.98 Å². The summed E-state index contributed by atoms with van der Waals surface area (Å²) >= 11 is 1.64. The van der Waals surface area contributed by atoms with E-state index in [0.717, 1.165) is 35.5 Å². The summed E-state index contributed by atoms with van der Waals surface area (Å²) < 4.78 is 7.49. The number of likely N-dealkylation sites (tertiary alicyclic amines) is 1. The van der Waals surface area contributed by atoms with Gasteiger partial charge in [-0.15, -0.1) is 11.3 Å². The predicted octanol–water partition coefficient (Wildman–Crippen LogP) is 1.84. The Bertz CT molecular complexity index is 565. The van der Waals surface area contributed by atoms with Crippen LogP contribution in [0.3, 0.4) is 0 Å². The Balaban J connectivity index is 1.58. The molecule has 5 nitrogen and oxygen atoms in total. The molecule has 1 fully saturated rings. The van der Waals surface area contributed by atoms with Gasteiger partial charge in [0.1, 0.15) is 5.69 Å². The first-order valence-electron chi connectivity index (χ1n) is 7.23. The van der Waals surface area contributed by atoms with Crippen LogP contribution in [0.5, 0.6) is 5.88 Å². The fourth-order valence-electron chi connectivity index (χ4n) is 2.90. The van der Waals surface area contributed by atoms with E-state index in [1.54, 1.807) is 18.4 Å². The van der Waals surface area contributed by atoms with Gasteiger partial charge in [0.15, 0.2) is 4.96 Å². The summed E-state index contributed by atoms with van der Waals surface area (Å²) in [7, 11) is 1.69. The van der Waals surface area contributed by atoms with Crippen LogP contribution < -0.4 is 10.1 Å². The molecule has 1 unspecified atom stereocenters. The summed E-state index contributed by atoms with van der Waals surface area (Å²) in [5.74, 6) is 1.51. The number of methoxy groups -OCH3 is 1. The molecule has 6 heteroatoms. The number of thiazole rings is 1. The second-order valence-electron chi connectivity index (χ2n) is 5.30. The average Bonchev–Trinajstić information content (AvgIpc) is 3.15. The molecule has 20 heavy (non-hydrogen) atoms. The molecule has 2 aromatic heterocycles. The monoisotopic (exact) mass is 294 g/mol. The van der Waals surface area contributed by atoms with Crippen molar-refractivity contribution in [3.63, 3.8) is 0 Å². The summed E-state index contributed by atoms with van der Waals surface area (Å²) in [4.78, 5) is 7.99. The van der Waals surface area contributed by atoms with Crippen LogP contribution in [0, 0.1) is 5.92 Å². The molecule has 0 spiro atoms. The van der Waals surface area contributed by atoms with Gasteiger partial charge in [0.05, 0.1) is 7.11 Å². The minimum Gasteiger partial charge on any atom is -0.480 e. The number of aromatic nitrogens is 2. The highest BCUT2D eigenvalue weighted by atomic mass is 32.1. The van der Waals surface area contributed by atoms with Crippen molar-refractivity contribution in [2.45, 2.75) is 19.9 Å². The van der Waals surface area contributed by atoms with Crippen LogP contribution in [0.1, 0.15) is 19.0 Å². The summed E-state index contributed by atoms with van der Waals surface area (Å²) in [5.41, 5.74) is 1.12. The van der Waals surface area contributed by atoms with E-state index in [4.69, 9.17) is 4.74 Å². The van der Waals surface area contributed by atoms with Gasteiger partial charge in [0.2, 0.25) is 5.88 Å². The summed E-state index contributed by atoms with van der Waals surface area (Å²) in [6, 6.07) is 0. The zero-order chi connectivity index (χ0) is 13.9. The predicted molar refractivity (Wildman–Crippen MR) is 81.5 cm³/mol. The normalized spacial score (nSPS) is 20.0. The van der Waals surface area contributed by atoms with Gasteiger partial charge in [0, 0.05) is 24.7 Å². The largest absolute Gasteiger partial charge is 0.480 e. The number of ether oxygens (including phenoxy) is 1. The van der Waals surface area contributed by atoms with Crippen LogP contribution in [0.15, 0.2) is 11.6 Å². The number of fused-ring (bicyclic) bond motifs is 1. The molecule has 1 aliphatic heterocycles. The molecular weight excluding hydrogens is 272 g/mol. The number of hydrogen-bond donors (Lipinski definition) is 1. The number of nitrogens with one attached hydrogen (secondary N) is 1. The van der Waals surface area contributed by atoms with Crippen LogP contribution in [-0.4, -0.2) is 47.6 Å². The molecule has 1 atom stereocenters. The third-order valence-electron chi connectivity index (χ3n) is 4.06. The van der Waals surface area contributed by atoms with Gasteiger partial charge < -0.3 is 15.0 Å². The van der Waals surface area contributed by atoms with Crippen molar-refractivity contribution in [3.05, 3.63) is 17.3 Å². The van der Waals surface area contributed by atoms with Gasteiger partial charge in [-0.25, -0.2) is 0 Å². The van der Waals surface area contributed by atoms with E-state index in [9.17, 15) is 0 Å². The second-order valence-corrected chi connectivity index (χ2v) is 6.18. The zero-order valence-corrected chi connectivity index (χ0v) is 12.9. The van der Waals surface area contributed by atoms with Crippen molar-refractivity contribution >= 4 is 16.3 Å². The minimum atomic E-state index is 0.742. The molecular formula is C14H22N4OS. The van der Waals surface area contributed by atoms with Gasteiger partial charge in [-0.3, -0.25) is 4.40 Å². The first-order chi connectivity index (χ1) is 9.81. The van der Waals surface area contributed by atoms with E-state index in [-0.39, 0.29) is 0 Å². The summed E-state index contributed by atoms with van der Waals surface area (Å²) in [6.45, 7) is 7.75. The maximum Gasteiger partial charge on any atom is 0.237 e. The van der Waals surface area contributed by atoms with Crippen molar-refractivity contribution in [2.75, 3.05) is 33.3 Å². The number of hydrogen-bond acceptors (Lipinski definition) is 5. The average molecular weight is 294 g/mol. The van der Waals surface area contributed by atoms with Crippen LogP contribution in [0.2, 0.25) is 0 Å². The first-order valence-corrected chi connectivity index (χ1v) is 8.11. The van der Waals surface area contributed by atoms with Crippen LogP contribution in [0.4, 0.5) is 0 Å².